The molecule has 0 aromatic carbocycles. The van der Waals surface area contributed by atoms with Crippen molar-refractivity contribution in [1.82, 2.24) is 25.0 Å². The van der Waals surface area contributed by atoms with E-state index in [0.29, 0.717) is 30.5 Å². The van der Waals surface area contributed by atoms with Crippen LogP contribution in [0.2, 0.25) is 0 Å². The van der Waals surface area contributed by atoms with Crippen LogP contribution in [0.5, 0.6) is 0 Å². The minimum absolute atomic E-state index is 0.0713. The third-order valence-corrected chi connectivity index (χ3v) is 4.63. The van der Waals surface area contributed by atoms with Crippen LogP contribution in [0.1, 0.15) is 46.8 Å². The molecule has 0 N–H and O–H groups in total. The Morgan fingerprint density at radius 3 is 2.88 bits per heavy atom. The van der Waals surface area contributed by atoms with E-state index in [9.17, 15) is 4.79 Å². The van der Waals surface area contributed by atoms with E-state index < -0.39 is 0 Å². The summed E-state index contributed by atoms with van der Waals surface area (Å²) < 4.78 is 11.3. The monoisotopic (exact) mass is 329 g/mol. The summed E-state index contributed by atoms with van der Waals surface area (Å²) in [6, 6.07) is 0. The van der Waals surface area contributed by atoms with E-state index >= 15 is 0 Å². The van der Waals surface area contributed by atoms with Crippen molar-refractivity contribution in [3.63, 3.8) is 0 Å². The summed E-state index contributed by atoms with van der Waals surface area (Å²) in [5, 5.41) is 3.82. The number of carbonyl (C=O) groups is 1. The van der Waals surface area contributed by atoms with Crippen molar-refractivity contribution in [2.75, 3.05) is 13.1 Å². The van der Waals surface area contributed by atoms with Gasteiger partial charge in [-0.1, -0.05) is 5.16 Å². The average Bonchev–Trinajstić information content (AvgIpc) is 3.20. The maximum absolute atomic E-state index is 12.6. The van der Waals surface area contributed by atoms with Crippen LogP contribution in [0.15, 0.2) is 16.9 Å². The molecule has 0 bridgehead atoms. The number of aryl methyl sites for hydroxylation is 2. The predicted molar refractivity (Wildman–Crippen MR) is 82.0 cm³/mol. The SMILES string of the molecule is Cc1cnc(C(=O)N2CC[C@@H]3O[C@H](c4nc(C)no4)C[C@@H]3C2)cn1. The predicted octanol–water partition coefficient (Wildman–Crippen LogP) is 1.47. The fourth-order valence-corrected chi connectivity index (χ4v) is 3.41. The van der Waals surface area contributed by atoms with Crippen molar-refractivity contribution in [1.29, 1.82) is 0 Å². The van der Waals surface area contributed by atoms with Gasteiger partial charge in [0.15, 0.2) is 5.82 Å². The molecule has 1 amide bonds. The summed E-state index contributed by atoms with van der Waals surface area (Å²) in [7, 11) is 0. The van der Waals surface area contributed by atoms with Crippen molar-refractivity contribution in [3.05, 3.63) is 35.5 Å². The number of aromatic nitrogens is 4. The maximum Gasteiger partial charge on any atom is 0.274 e. The molecule has 0 aliphatic carbocycles. The van der Waals surface area contributed by atoms with E-state index in [1.807, 2.05) is 11.8 Å². The Balaban J connectivity index is 1.44. The van der Waals surface area contributed by atoms with E-state index in [1.54, 1.807) is 19.3 Å². The molecule has 0 spiro atoms. The number of amides is 1. The number of piperidine rings is 1. The summed E-state index contributed by atoms with van der Waals surface area (Å²) >= 11 is 0. The van der Waals surface area contributed by atoms with Gasteiger partial charge in [0.2, 0.25) is 0 Å². The summed E-state index contributed by atoms with van der Waals surface area (Å²) in [5.74, 6) is 1.35. The minimum Gasteiger partial charge on any atom is -0.365 e. The smallest absolute Gasteiger partial charge is 0.274 e. The van der Waals surface area contributed by atoms with Crippen molar-refractivity contribution in [2.45, 2.75) is 38.9 Å². The van der Waals surface area contributed by atoms with Crippen LogP contribution in [-0.2, 0) is 4.74 Å². The third kappa shape index (κ3) is 2.77. The van der Waals surface area contributed by atoms with E-state index in [-0.39, 0.29) is 24.0 Å². The van der Waals surface area contributed by atoms with Gasteiger partial charge in [-0.25, -0.2) is 4.98 Å². The lowest BCUT2D eigenvalue weighted by Crippen LogP contribution is -2.44. The van der Waals surface area contributed by atoms with E-state index in [4.69, 9.17) is 9.26 Å². The number of nitrogens with zero attached hydrogens (tertiary/aromatic N) is 5. The average molecular weight is 329 g/mol. The fraction of sp³-hybridized carbons (Fsp3) is 0.562. The van der Waals surface area contributed by atoms with E-state index in [1.165, 1.54) is 0 Å². The Morgan fingerprint density at radius 1 is 1.29 bits per heavy atom. The van der Waals surface area contributed by atoms with Gasteiger partial charge in [-0.15, -0.1) is 0 Å². The molecule has 2 saturated heterocycles. The molecule has 2 aromatic rings. The molecule has 0 unspecified atom stereocenters. The van der Waals surface area contributed by atoms with Gasteiger partial charge >= 0.3 is 0 Å². The summed E-state index contributed by atoms with van der Waals surface area (Å²) in [6.07, 6.45) is 4.71. The molecule has 2 aliphatic rings. The van der Waals surface area contributed by atoms with E-state index in [2.05, 4.69) is 20.1 Å². The molecule has 2 aliphatic heterocycles. The lowest BCUT2D eigenvalue weighted by atomic mass is 9.92. The minimum atomic E-state index is -0.171. The first-order valence-corrected chi connectivity index (χ1v) is 8.14. The number of likely N-dealkylation sites (tertiary alicyclic amines) is 1. The first-order chi connectivity index (χ1) is 11.6. The molecule has 0 radical (unpaired) electrons. The first-order valence-electron chi connectivity index (χ1n) is 8.14. The number of hydrogen-bond acceptors (Lipinski definition) is 7. The highest BCUT2D eigenvalue weighted by molar-refractivity contribution is 5.92. The molecule has 2 fully saturated rings. The number of ether oxygens (including phenoxy) is 1. The van der Waals surface area contributed by atoms with Crippen LogP contribution in [0.4, 0.5) is 0 Å². The van der Waals surface area contributed by atoms with Crippen LogP contribution >= 0.6 is 0 Å². The molecule has 8 nitrogen and oxygen atoms in total. The number of carbonyl (C=O) groups excluding carboxylic acids is 1. The van der Waals surface area contributed by atoms with Gasteiger partial charge in [0.05, 0.1) is 18.0 Å². The van der Waals surface area contributed by atoms with Crippen molar-refractivity contribution < 1.29 is 14.1 Å². The van der Waals surface area contributed by atoms with Crippen LogP contribution in [0, 0.1) is 19.8 Å². The standard InChI is InChI=1S/C16H19N5O3/c1-9-6-18-12(7-17-9)16(22)21-4-3-13-11(8-21)5-14(23-13)15-19-10(2)20-24-15/h6-7,11,13-14H,3-5,8H2,1-2H3/t11-,13+,14+/m1/s1. The Hall–Kier alpha value is -2.35. The molecule has 24 heavy (non-hydrogen) atoms. The molecular weight excluding hydrogens is 310 g/mol. The summed E-state index contributed by atoms with van der Waals surface area (Å²) in [5.41, 5.74) is 1.19. The third-order valence-electron chi connectivity index (χ3n) is 4.63. The summed E-state index contributed by atoms with van der Waals surface area (Å²) in [6.45, 7) is 4.95. The zero-order chi connectivity index (χ0) is 16.7. The van der Waals surface area contributed by atoms with Crippen molar-refractivity contribution in [2.24, 2.45) is 5.92 Å². The van der Waals surface area contributed by atoms with Crippen LogP contribution < -0.4 is 0 Å². The van der Waals surface area contributed by atoms with Crippen molar-refractivity contribution in [3.8, 4) is 0 Å². The van der Waals surface area contributed by atoms with Gasteiger partial charge in [-0.3, -0.25) is 9.78 Å². The topological polar surface area (TPSA) is 94.2 Å². The molecule has 8 heteroatoms. The second-order valence-electron chi connectivity index (χ2n) is 6.42. The quantitative estimate of drug-likeness (QED) is 0.823. The van der Waals surface area contributed by atoms with Crippen LogP contribution in [0.3, 0.4) is 0 Å². The molecule has 3 atom stereocenters. The molecule has 2 aromatic heterocycles. The Bertz CT molecular complexity index is 744. The highest BCUT2D eigenvalue weighted by Crippen LogP contribution is 2.40. The Kier molecular flexibility index (Phi) is 3.76. The number of fused-ring (bicyclic) bond motifs is 1. The lowest BCUT2D eigenvalue weighted by molar-refractivity contribution is -0.00787. The fourth-order valence-electron chi connectivity index (χ4n) is 3.41. The molecule has 0 saturated carbocycles. The largest absolute Gasteiger partial charge is 0.365 e. The normalized spacial score (nSPS) is 26.4. The maximum atomic E-state index is 12.6. The Morgan fingerprint density at radius 2 is 2.17 bits per heavy atom. The van der Waals surface area contributed by atoms with Gasteiger partial charge in [-0.05, 0) is 26.7 Å². The molecule has 4 heterocycles. The van der Waals surface area contributed by atoms with Crippen LogP contribution in [-0.4, -0.2) is 50.1 Å². The first kappa shape index (κ1) is 15.2. The second kappa shape index (κ2) is 5.94. The van der Waals surface area contributed by atoms with E-state index in [0.717, 1.165) is 18.5 Å². The van der Waals surface area contributed by atoms with Gasteiger partial charge in [-0.2, -0.15) is 4.98 Å². The van der Waals surface area contributed by atoms with Gasteiger partial charge < -0.3 is 14.2 Å². The highest BCUT2D eigenvalue weighted by Gasteiger charge is 2.42. The lowest BCUT2D eigenvalue weighted by Gasteiger charge is -2.33. The zero-order valence-corrected chi connectivity index (χ0v) is 13.7. The summed E-state index contributed by atoms with van der Waals surface area (Å²) in [4.78, 5) is 27.0. The molecular formula is C16H19N5O3. The molecule has 4 rings (SSSR count). The second-order valence-corrected chi connectivity index (χ2v) is 6.42. The number of rotatable bonds is 2. The van der Waals surface area contributed by atoms with Gasteiger partial charge in [0.25, 0.3) is 11.8 Å². The van der Waals surface area contributed by atoms with Crippen LogP contribution in [0.25, 0.3) is 0 Å². The highest BCUT2D eigenvalue weighted by atomic mass is 16.5. The zero-order valence-electron chi connectivity index (χ0n) is 13.7. The molecule has 126 valence electrons. The van der Waals surface area contributed by atoms with Gasteiger partial charge in [0.1, 0.15) is 11.8 Å². The van der Waals surface area contributed by atoms with Crippen molar-refractivity contribution >= 4 is 5.91 Å². The Labute approximate surface area is 139 Å². The van der Waals surface area contributed by atoms with Gasteiger partial charge in [0, 0.05) is 25.2 Å². The number of hydrogen-bond donors (Lipinski definition) is 0.